The second-order valence-corrected chi connectivity index (χ2v) is 7.19. The maximum Gasteiger partial charge on any atom is 0.317 e. The zero-order chi connectivity index (χ0) is 18.6. The van der Waals surface area contributed by atoms with E-state index in [9.17, 15) is 4.79 Å². The fourth-order valence-corrected chi connectivity index (χ4v) is 3.76. The summed E-state index contributed by atoms with van der Waals surface area (Å²) in [6.07, 6.45) is 8.00. The second-order valence-electron chi connectivity index (χ2n) is 7.19. The van der Waals surface area contributed by atoms with E-state index >= 15 is 0 Å². The lowest BCUT2D eigenvalue weighted by molar-refractivity contribution is 0.105. The predicted octanol–water partition coefficient (Wildman–Crippen LogP) is 1.96. The molecule has 0 aliphatic carbocycles. The number of aryl methyl sites for hydroxylation is 1. The normalized spacial score (nSPS) is 20.9. The van der Waals surface area contributed by atoms with E-state index < -0.39 is 0 Å². The Balaban J connectivity index is 1.23. The van der Waals surface area contributed by atoms with Crippen molar-refractivity contribution >= 4 is 6.03 Å². The summed E-state index contributed by atoms with van der Waals surface area (Å²) in [7, 11) is 0. The Morgan fingerprint density at radius 2 is 2.22 bits per heavy atom. The molecule has 2 aromatic rings. The summed E-state index contributed by atoms with van der Waals surface area (Å²) >= 11 is 0. The number of urea groups is 1. The fourth-order valence-electron chi connectivity index (χ4n) is 3.76. The van der Waals surface area contributed by atoms with Crippen molar-refractivity contribution in [2.75, 3.05) is 19.7 Å². The van der Waals surface area contributed by atoms with Crippen molar-refractivity contribution in [3.63, 3.8) is 0 Å². The van der Waals surface area contributed by atoms with Gasteiger partial charge in [0.15, 0.2) is 5.82 Å². The molecule has 2 aliphatic heterocycles. The molecule has 4 rings (SSSR count). The van der Waals surface area contributed by atoms with Crippen LogP contribution in [-0.2, 0) is 17.8 Å². The minimum atomic E-state index is -0.0484. The third kappa shape index (κ3) is 4.13. The van der Waals surface area contributed by atoms with E-state index in [2.05, 4.69) is 38.7 Å². The van der Waals surface area contributed by atoms with E-state index in [1.165, 1.54) is 5.56 Å². The summed E-state index contributed by atoms with van der Waals surface area (Å²) in [6, 6.07) is -0.0484. The standard InChI is InChI=1S/C18H27N7O2/c1-2-25-12-14(10-20-25)13-5-7-24(8-6-13)18(26)19-11-16-21-17(23-22-16)15-4-3-9-27-15/h10,12-13,15H,2-9,11H2,1H3,(H,19,26)(H,21,22,23). The molecule has 2 aromatic heterocycles. The van der Waals surface area contributed by atoms with Crippen molar-refractivity contribution in [3.05, 3.63) is 29.6 Å². The first-order valence-corrected chi connectivity index (χ1v) is 9.81. The first-order valence-electron chi connectivity index (χ1n) is 9.81. The Bertz CT molecular complexity index is 757. The van der Waals surface area contributed by atoms with E-state index in [1.807, 2.05) is 15.8 Å². The Morgan fingerprint density at radius 1 is 1.37 bits per heavy atom. The molecule has 2 aliphatic rings. The van der Waals surface area contributed by atoms with Gasteiger partial charge >= 0.3 is 6.03 Å². The number of H-pyrrole nitrogens is 1. The topological polar surface area (TPSA) is 101 Å². The van der Waals surface area contributed by atoms with Gasteiger partial charge in [0, 0.05) is 32.4 Å². The van der Waals surface area contributed by atoms with Crippen LogP contribution >= 0.6 is 0 Å². The summed E-state index contributed by atoms with van der Waals surface area (Å²) in [5, 5.41) is 14.4. The van der Waals surface area contributed by atoms with Crippen molar-refractivity contribution in [2.24, 2.45) is 0 Å². The number of likely N-dealkylation sites (tertiary alicyclic amines) is 1. The summed E-state index contributed by atoms with van der Waals surface area (Å²) in [6.45, 7) is 5.60. The number of piperidine rings is 1. The van der Waals surface area contributed by atoms with Gasteiger partial charge in [-0.2, -0.15) is 10.2 Å². The van der Waals surface area contributed by atoms with E-state index in [0.29, 0.717) is 24.1 Å². The summed E-state index contributed by atoms with van der Waals surface area (Å²) in [4.78, 5) is 18.8. The average Bonchev–Trinajstić information content (AvgIpc) is 3.47. The van der Waals surface area contributed by atoms with Crippen LogP contribution in [0.2, 0.25) is 0 Å². The minimum absolute atomic E-state index is 0.0122. The third-order valence-electron chi connectivity index (χ3n) is 5.40. The highest BCUT2D eigenvalue weighted by atomic mass is 16.5. The predicted molar refractivity (Wildman–Crippen MR) is 98.0 cm³/mol. The molecule has 1 atom stereocenters. The zero-order valence-corrected chi connectivity index (χ0v) is 15.7. The van der Waals surface area contributed by atoms with Gasteiger partial charge < -0.3 is 15.0 Å². The highest BCUT2D eigenvalue weighted by Gasteiger charge is 2.25. The lowest BCUT2D eigenvalue weighted by Gasteiger charge is -2.31. The van der Waals surface area contributed by atoms with E-state index in [0.717, 1.165) is 51.9 Å². The number of carbonyl (C=O) groups is 1. The maximum atomic E-state index is 12.4. The van der Waals surface area contributed by atoms with Crippen molar-refractivity contribution < 1.29 is 9.53 Å². The minimum Gasteiger partial charge on any atom is -0.370 e. The number of nitrogens with zero attached hydrogens (tertiary/aromatic N) is 5. The monoisotopic (exact) mass is 373 g/mol. The Morgan fingerprint density at radius 3 is 2.93 bits per heavy atom. The van der Waals surface area contributed by atoms with Gasteiger partial charge in [-0.3, -0.25) is 9.78 Å². The number of aromatic nitrogens is 5. The van der Waals surface area contributed by atoms with Gasteiger partial charge in [0.1, 0.15) is 11.9 Å². The molecule has 146 valence electrons. The lowest BCUT2D eigenvalue weighted by Crippen LogP contribution is -2.43. The first-order chi connectivity index (χ1) is 13.2. The number of amides is 2. The first kappa shape index (κ1) is 18.0. The third-order valence-corrected chi connectivity index (χ3v) is 5.40. The summed E-state index contributed by atoms with van der Waals surface area (Å²) in [5.74, 6) is 1.83. The van der Waals surface area contributed by atoms with Crippen LogP contribution in [0.5, 0.6) is 0 Å². The number of ether oxygens (including phenoxy) is 1. The van der Waals surface area contributed by atoms with Gasteiger partial charge in [0.2, 0.25) is 0 Å². The highest BCUT2D eigenvalue weighted by molar-refractivity contribution is 5.74. The Kier molecular flexibility index (Phi) is 5.38. The molecule has 0 radical (unpaired) electrons. The molecule has 0 bridgehead atoms. The second kappa shape index (κ2) is 8.08. The maximum absolute atomic E-state index is 12.4. The number of hydrogen-bond acceptors (Lipinski definition) is 5. The molecule has 9 nitrogen and oxygen atoms in total. The van der Waals surface area contributed by atoms with Crippen LogP contribution in [-0.4, -0.2) is 55.6 Å². The number of carbonyl (C=O) groups excluding carboxylic acids is 1. The van der Waals surface area contributed by atoms with Gasteiger partial charge in [-0.15, -0.1) is 0 Å². The van der Waals surface area contributed by atoms with Gasteiger partial charge in [-0.05, 0) is 44.1 Å². The molecule has 27 heavy (non-hydrogen) atoms. The van der Waals surface area contributed by atoms with Crippen LogP contribution in [0.3, 0.4) is 0 Å². The molecule has 2 saturated heterocycles. The molecule has 2 amide bonds. The number of nitrogens with one attached hydrogen (secondary N) is 2. The molecule has 4 heterocycles. The molecule has 0 spiro atoms. The SMILES string of the molecule is CCn1cc(C2CCN(C(=O)NCc3nc(C4CCCO4)n[nH]3)CC2)cn1. The number of aromatic amines is 1. The van der Waals surface area contributed by atoms with Gasteiger partial charge in [0.25, 0.3) is 0 Å². The molecule has 0 aromatic carbocycles. The summed E-state index contributed by atoms with van der Waals surface area (Å²) in [5.41, 5.74) is 1.28. The van der Waals surface area contributed by atoms with Crippen molar-refractivity contribution in [1.82, 2.24) is 35.2 Å². The Labute approximate surface area is 158 Å². The molecular weight excluding hydrogens is 346 g/mol. The molecule has 2 N–H and O–H groups in total. The molecular formula is C18H27N7O2. The van der Waals surface area contributed by atoms with Crippen molar-refractivity contribution in [3.8, 4) is 0 Å². The van der Waals surface area contributed by atoms with Crippen molar-refractivity contribution in [2.45, 2.75) is 57.7 Å². The largest absolute Gasteiger partial charge is 0.370 e. The van der Waals surface area contributed by atoms with E-state index in [-0.39, 0.29) is 12.1 Å². The van der Waals surface area contributed by atoms with E-state index in [1.54, 1.807) is 0 Å². The summed E-state index contributed by atoms with van der Waals surface area (Å²) < 4.78 is 7.54. The van der Waals surface area contributed by atoms with Crippen LogP contribution in [0.25, 0.3) is 0 Å². The zero-order valence-electron chi connectivity index (χ0n) is 15.7. The van der Waals surface area contributed by atoms with Crippen LogP contribution in [0.1, 0.15) is 61.8 Å². The smallest absolute Gasteiger partial charge is 0.317 e. The fraction of sp³-hybridized carbons (Fsp3) is 0.667. The average molecular weight is 373 g/mol. The number of rotatable bonds is 5. The van der Waals surface area contributed by atoms with Crippen LogP contribution in [0.4, 0.5) is 4.79 Å². The highest BCUT2D eigenvalue weighted by Crippen LogP contribution is 2.28. The van der Waals surface area contributed by atoms with Gasteiger partial charge in [0.05, 0.1) is 12.7 Å². The molecule has 2 fully saturated rings. The van der Waals surface area contributed by atoms with E-state index in [4.69, 9.17) is 4.74 Å². The van der Waals surface area contributed by atoms with Gasteiger partial charge in [-0.1, -0.05) is 0 Å². The molecule has 1 unspecified atom stereocenters. The quantitative estimate of drug-likeness (QED) is 0.834. The molecule has 0 saturated carbocycles. The van der Waals surface area contributed by atoms with Crippen LogP contribution in [0, 0.1) is 0 Å². The number of hydrogen-bond donors (Lipinski definition) is 2. The molecule has 9 heteroatoms. The lowest BCUT2D eigenvalue weighted by atomic mass is 9.92. The Hall–Kier alpha value is -2.42. The van der Waals surface area contributed by atoms with Crippen LogP contribution < -0.4 is 5.32 Å². The van der Waals surface area contributed by atoms with Crippen LogP contribution in [0.15, 0.2) is 12.4 Å². The van der Waals surface area contributed by atoms with Gasteiger partial charge in [-0.25, -0.2) is 9.78 Å². The van der Waals surface area contributed by atoms with Crippen molar-refractivity contribution in [1.29, 1.82) is 0 Å².